The molecule has 11 heavy (non-hydrogen) atoms. The van der Waals surface area contributed by atoms with Gasteiger partial charge in [-0.3, -0.25) is 4.79 Å². The van der Waals surface area contributed by atoms with Gasteiger partial charge in [0.15, 0.2) is 0 Å². The zero-order chi connectivity index (χ0) is 8.69. The van der Waals surface area contributed by atoms with Crippen LogP contribution in [0, 0.1) is 0 Å². The zero-order valence-electron chi connectivity index (χ0n) is 5.89. The molecule has 0 aromatic carbocycles. The Morgan fingerprint density at radius 1 is 1.64 bits per heavy atom. The average molecular weight is 160 g/mol. The summed E-state index contributed by atoms with van der Waals surface area (Å²) in [6.45, 7) is 1.00. The van der Waals surface area contributed by atoms with Crippen molar-refractivity contribution < 1.29 is 19.9 Å². The summed E-state index contributed by atoms with van der Waals surface area (Å²) in [5.41, 5.74) is -0.0392. The summed E-state index contributed by atoms with van der Waals surface area (Å²) in [5.74, 6) is -0.502. The molecule has 0 spiro atoms. The Hall–Kier alpha value is -1.59. The molecule has 0 aliphatic heterocycles. The van der Waals surface area contributed by atoms with Crippen LogP contribution in [0.4, 0.5) is 0 Å². The van der Waals surface area contributed by atoms with Crippen molar-refractivity contribution in [3.8, 4) is 0 Å². The first-order valence-electron chi connectivity index (χ1n) is 2.72. The van der Waals surface area contributed by atoms with Crippen LogP contribution in [0.1, 0.15) is 6.92 Å². The van der Waals surface area contributed by atoms with Crippen LogP contribution >= 0.6 is 0 Å². The fourth-order valence-corrected chi connectivity index (χ4v) is 0.334. The van der Waals surface area contributed by atoms with Crippen LogP contribution in [-0.2, 0) is 9.53 Å². The minimum absolute atomic E-state index is 0.0392. The molecule has 0 unspecified atom stereocenters. The molecule has 2 N–H and O–H groups in total. The Bertz CT molecular complexity index is 187. The molecule has 0 atom stereocenters. The Morgan fingerprint density at radius 3 is 2.64 bits per heavy atom. The molecule has 6 heteroatoms. The van der Waals surface area contributed by atoms with E-state index >= 15 is 0 Å². The van der Waals surface area contributed by atoms with Gasteiger partial charge in [-0.2, -0.15) is 0 Å². The van der Waals surface area contributed by atoms with E-state index in [1.54, 1.807) is 0 Å². The van der Waals surface area contributed by atoms with Crippen molar-refractivity contribution in [3.63, 3.8) is 0 Å². The molecule has 0 aliphatic rings. The van der Waals surface area contributed by atoms with Crippen LogP contribution in [-0.4, -0.2) is 34.9 Å². The highest BCUT2D eigenvalue weighted by atomic mass is 16.5. The highest BCUT2D eigenvalue weighted by molar-refractivity contribution is 6.31. The second-order valence-corrected chi connectivity index (χ2v) is 1.62. The SMILES string of the molecule is CC(=O)OCC(C=NO)=NO. The van der Waals surface area contributed by atoms with E-state index in [0.29, 0.717) is 0 Å². The second kappa shape index (κ2) is 5.21. The van der Waals surface area contributed by atoms with Crippen LogP contribution in [0.5, 0.6) is 0 Å². The fourth-order valence-electron chi connectivity index (χ4n) is 0.334. The molecule has 0 bridgehead atoms. The molecular formula is C5H8N2O4. The number of oxime groups is 2. The summed E-state index contributed by atoms with van der Waals surface area (Å²) in [6, 6.07) is 0. The molecule has 0 fully saturated rings. The normalized spacial score (nSPS) is 11.9. The van der Waals surface area contributed by atoms with Gasteiger partial charge in [-0.1, -0.05) is 10.3 Å². The minimum Gasteiger partial charge on any atom is -0.459 e. The summed E-state index contributed by atoms with van der Waals surface area (Å²) >= 11 is 0. The van der Waals surface area contributed by atoms with Gasteiger partial charge in [-0.25, -0.2) is 0 Å². The first-order valence-corrected chi connectivity index (χ1v) is 2.72. The largest absolute Gasteiger partial charge is 0.459 e. The van der Waals surface area contributed by atoms with E-state index in [1.165, 1.54) is 6.92 Å². The van der Waals surface area contributed by atoms with Gasteiger partial charge in [0, 0.05) is 6.92 Å². The lowest BCUT2D eigenvalue weighted by atomic mass is 10.4. The van der Waals surface area contributed by atoms with Crippen molar-refractivity contribution in [1.82, 2.24) is 0 Å². The molecule has 0 aliphatic carbocycles. The smallest absolute Gasteiger partial charge is 0.303 e. The maximum atomic E-state index is 10.2. The van der Waals surface area contributed by atoms with Crippen LogP contribution in [0.25, 0.3) is 0 Å². The van der Waals surface area contributed by atoms with Crippen molar-refractivity contribution >= 4 is 17.9 Å². The number of ether oxygens (including phenoxy) is 1. The molecule has 0 saturated heterocycles. The summed E-state index contributed by atoms with van der Waals surface area (Å²) in [5, 5.41) is 21.4. The Balaban J connectivity index is 3.81. The molecule has 0 aromatic rings. The number of carbonyl (C=O) groups excluding carboxylic acids is 1. The predicted octanol–water partition coefficient (Wildman–Crippen LogP) is -0.160. The van der Waals surface area contributed by atoms with Gasteiger partial charge in [-0.05, 0) is 0 Å². The molecule has 0 amide bonds. The molecule has 62 valence electrons. The van der Waals surface area contributed by atoms with E-state index in [0.717, 1.165) is 6.21 Å². The third kappa shape index (κ3) is 4.89. The maximum Gasteiger partial charge on any atom is 0.303 e. The first kappa shape index (κ1) is 9.41. The van der Waals surface area contributed by atoms with Gasteiger partial charge in [0.1, 0.15) is 12.3 Å². The number of hydrogen-bond donors (Lipinski definition) is 2. The second-order valence-electron chi connectivity index (χ2n) is 1.62. The number of rotatable bonds is 3. The number of hydrogen-bond acceptors (Lipinski definition) is 6. The van der Waals surface area contributed by atoms with E-state index in [4.69, 9.17) is 10.4 Å². The molecule has 0 radical (unpaired) electrons. The van der Waals surface area contributed by atoms with Crippen molar-refractivity contribution in [2.45, 2.75) is 6.92 Å². The van der Waals surface area contributed by atoms with Crippen LogP contribution in [0.15, 0.2) is 10.3 Å². The van der Waals surface area contributed by atoms with Gasteiger partial charge < -0.3 is 15.2 Å². The fraction of sp³-hybridized carbons (Fsp3) is 0.400. The van der Waals surface area contributed by atoms with E-state index in [-0.39, 0.29) is 12.3 Å². The Kier molecular flexibility index (Phi) is 4.46. The van der Waals surface area contributed by atoms with Crippen LogP contribution < -0.4 is 0 Å². The highest BCUT2D eigenvalue weighted by Crippen LogP contribution is 1.79. The summed E-state index contributed by atoms with van der Waals surface area (Å²) < 4.78 is 4.42. The molecule has 0 rings (SSSR count). The minimum atomic E-state index is -0.502. The van der Waals surface area contributed by atoms with Gasteiger partial charge in [0.25, 0.3) is 0 Å². The summed E-state index contributed by atoms with van der Waals surface area (Å²) in [7, 11) is 0. The molecule has 6 nitrogen and oxygen atoms in total. The Labute approximate surface area is 62.8 Å². The first-order chi connectivity index (χ1) is 5.20. The van der Waals surface area contributed by atoms with Gasteiger partial charge >= 0.3 is 5.97 Å². The third-order valence-electron chi connectivity index (χ3n) is 0.759. The Morgan fingerprint density at radius 2 is 2.27 bits per heavy atom. The predicted molar refractivity (Wildman–Crippen MR) is 36.1 cm³/mol. The van der Waals surface area contributed by atoms with Gasteiger partial charge in [0.05, 0.1) is 6.21 Å². The van der Waals surface area contributed by atoms with Crippen molar-refractivity contribution in [2.75, 3.05) is 6.61 Å². The topological polar surface area (TPSA) is 91.5 Å². The number of carbonyl (C=O) groups is 1. The lowest BCUT2D eigenvalue weighted by Gasteiger charge is -1.97. The highest BCUT2D eigenvalue weighted by Gasteiger charge is 1.98. The lowest BCUT2D eigenvalue weighted by molar-refractivity contribution is -0.139. The molecular weight excluding hydrogens is 152 g/mol. The maximum absolute atomic E-state index is 10.2. The van der Waals surface area contributed by atoms with E-state index in [2.05, 4.69) is 15.0 Å². The van der Waals surface area contributed by atoms with Gasteiger partial charge in [0.2, 0.25) is 0 Å². The van der Waals surface area contributed by atoms with Crippen LogP contribution in [0.2, 0.25) is 0 Å². The van der Waals surface area contributed by atoms with Crippen molar-refractivity contribution in [3.05, 3.63) is 0 Å². The molecule has 0 heterocycles. The summed E-state index contributed by atoms with van der Waals surface area (Å²) in [4.78, 5) is 10.2. The lowest BCUT2D eigenvalue weighted by Crippen LogP contribution is -2.12. The number of nitrogens with zero attached hydrogens (tertiary/aromatic N) is 2. The summed E-state index contributed by atoms with van der Waals surface area (Å²) in [6.07, 6.45) is 0.864. The van der Waals surface area contributed by atoms with E-state index in [1.807, 2.05) is 0 Å². The monoisotopic (exact) mass is 160 g/mol. The van der Waals surface area contributed by atoms with E-state index in [9.17, 15) is 4.79 Å². The van der Waals surface area contributed by atoms with Gasteiger partial charge in [-0.15, -0.1) is 0 Å². The quantitative estimate of drug-likeness (QED) is 0.259. The zero-order valence-corrected chi connectivity index (χ0v) is 5.89. The van der Waals surface area contributed by atoms with Crippen molar-refractivity contribution in [1.29, 1.82) is 0 Å². The standard InChI is InChI=1S/C5H8N2O4/c1-4(8)11-3-5(7-10)2-6-9/h2,9-10H,3H2,1H3. The molecule has 0 aromatic heterocycles. The third-order valence-corrected chi connectivity index (χ3v) is 0.759. The van der Waals surface area contributed by atoms with Crippen molar-refractivity contribution in [2.24, 2.45) is 10.3 Å². The number of esters is 1. The van der Waals surface area contributed by atoms with E-state index < -0.39 is 5.97 Å². The average Bonchev–Trinajstić information content (AvgIpc) is 1.97. The molecule has 0 saturated carbocycles. The van der Waals surface area contributed by atoms with Crippen LogP contribution in [0.3, 0.4) is 0 Å².